The van der Waals surface area contributed by atoms with Gasteiger partial charge in [-0.05, 0) is 94.0 Å². The number of hydrogen-bond donors (Lipinski definition) is 0. The lowest BCUT2D eigenvalue weighted by molar-refractivity contribution is -0.384. The standard InChI is InChI=1S/C28H33N5O5S/c1-19-15-21(16-25-27(35)31(28(36)39-25)18-26(34)30-13-7-4-8-14-30)20(2)32(19)22-9-10-23(24(17-22)33(37)38)29-11-5-3-6-12-29/h9-10,15-17H,3-8,11-14,18H2,1-2H3/b25-16-. The summed E-state index contributed by atoms with van der Waals surface area (Å²) in [4.78, 5) is 55.1. The molecule has 0 atom stereocenters. The second-order valence-electron chi connectivity index (χ2n) is 10.3. The predicted molar refractivity (Wildman–Crippen MR) is 151 cm³/mol. The normalized spacial score (nSPS) is 19.3. The van der Waals surface area contributed by atoms with Crippen molar-refractivity contribution in [3.63, 3.8) is 0 Å². The maximum atomic E-state index is 13.1. The zero-order valence-corrected chi connectivity index (χ0v) is 23.2. The Kier molecular flexibility index (Phi) is 7.79. The van der Waals surface area contributed by atoms with Gasteiger partial charge < -0.3 is 14.4 Å². The third-order valence-corrected chi connectivity index (χ3v) is 8.65. The van der Waals surface area contributed by atoms with E-state index in [0.29, 0.717) is 24.5 Å². The van der Waals surface area contributed by atoms with Gasteiger partial charge in [0.2, 0.25) is 5.91 Å². The second-order valence-corrected chi connectivity index (χ2v) is 11.3. The number of nitro benzene ring substituents is 1. The lowest BCUT2D eigenvalue weighted by Gasteiger charge is -2.28. The van der Waals surface area contributed by atoms with Crippen LogP contribution in [-0.4, -0.2) is 69.1 Å². The summed E-state index contributed by atoms with van der Waals surface area (Å²) in [6.07, 6.45) is 7.82. The van der Waals surface area contributed by atoms with Gasteiger partial charge in [0.05, 0.1) is 15.5 Å². The summed E-state index contributed by atoms with van der Waals surface area (Å²) in [7, 11) is 0. The van der Waals surface area contributed by atoms with Crippen molar-refractivity contribution in [2.45, 2.75) is 52.4 Å². The van der Waals surface area contributed by atoms with Gasteiger partial charge in [-0.1, -0.05) is 0 Å². The van der Waals surface area contributed by atoms with E-state index in [1.807, 2.05) is 36.6 Å². The highest BCUT2D eigenvalue weighted by molar-refractivity contribution is 8.18. The van der Waals surface area contributed by atoms with Gasteiger partial charge >= 0.3 is 0 Å². The summed E-state index contributed by atoms with van der Waals surface area (Å²) < 4.78 is 1.92. The fourth-order valence-corrected chi connectivity index (χ4v) is 6.52. The number of aromatic nitrogens is 1. The largest absolute Gasteiger partial charge is 0.366 e. The molecule has 3 amide bonds. The fraction of sp³-hybridized carbons (Fsp3) is 0.464. The first kappa shape index (κ1) is 27.0. The Morgan fingerprint density at radius 1 is 1.00 bits per heavy atom. The molecule has 0 saturated carbocycles. The Morgan fingerprint density at radius 2 is 1.67 bits per heavy atom. The van der Waals surface area contributed by atoms with Crippen LogP contribution in [0.3, 0.4) is 0 Å². The summed E-state index contributed by atoms with van der Waals surface area (Å²) in [5.74, 6) is -0.673. The zero-order chi connectivity index (χ0) is 27.7. The maximum absolute atomic E-state index is 13.1. The molecule has 0 N–H and O–H groups in total. The molecule has 10 nitrogen and oxygen atoms in total. The number of likely N-dealkylation sites (tertiary alicyclic amines) is 1. The Balaban J connectivity index is 1.39. The molecule has 3 aliphatic rings. The van der Waals surface area contributed by atoms with E-state index < -0.39 is 11.1 Å². The number of thioether (sulfide) groups is 1. The molecule has 1 aromatic heterocycles. The number of nitrogens with zero attached hydrogens (tertiary/aromatic N) is 5. The minimum absolute atomic E-state index is 0.0722. The van der Waals surface area contributed by atoms with Crippen molar-refractivity contribution in [2.24, 2.45) is 0 Å². The molecule has 4 heterocycles. The number of nitro groups is 1. The van der Waals surface area contributed by atoms with Gasteiger partial charge in [0.1, 0.15) is 12.2 Å². The second kappa shape index (κ2) is 11.3. The molecular formula is C28H33N5O5S. The predicted octanol–water partition coefficient (Wildman–Crippen LogP) is 5.04. The van der Waals surface area contributed by atoms with Gasteiger partial charge in [-0.3, -0.25) is 29.4 Å². The first-order valence-electron chi connectivity index (χ1n) is 13.5. The summed E-state index contributed by atoms with van der Waals surface area (Å²) in [6, 6.07) is 7.21. The van der Waals surface area contributed by atoms with E-state index in [2.05, 4.69) is 4.90 Å². The molecule has 0 bridgehead atoms. The molecule has 0 spiro atoms. The molecule has 206 valence electrons. The summed E-state index contributed by atoms with van der Waals surface area (Å²) in [5, 5.41) is 11.5. The van der Waals surface area contributed by atoms with Crippen LogP contribution in [0.4, 0.5) is 16.2 Å². The van der Waals surface area contributed by atoms with E-state index in [1.54, 1.807) is 17.0 Å². The van der Waals surface area contributed by atoms with Crippen molar-refractivity contribution in [3.05, 3.63) is 56.2 Å². The lowest BCUT2D eigenvalue weighted by Crippen LogP contribution is -2.44. The van der Waals surface area contributed by atoms with Crippen LogP contribution >= 0.6 is 11.8 Å². The molecule has 39 heavy (non-hydrogen) atoms. The van der Waals surface area contributed by atoms with Gasteiger partial charge in [0.15, 0.2) is 0 Å². The highest BCUT2D eigenvalue weighted by atomic mass is 32.2. The first-order chi connectivity index (χ1) is 18.7. The molecule has 3 aliphatic heterocycles. The average Bonchev–Trinajstić information content (AvgIpc) is 3.37. The highest BCUT2D eigenvalue weighted by Crippen LogP contribution is 2.36. The number of aryl methyl sites for hydroxylation is 1. The van der Waals surface area contributed by atoms with Gasteiger partial charge in [0.25, 0.3) is 16.8 Å². The van der Waals surface area contributed by atoms with Crippen molar-refractivity contribution in [3.8, 4) is 5.69 Å². The van der Waals surface area contributed by atoms with Crippen LogP contribution in [0.1, 0.15) is 55.5 Å². The molecule has 3 saturated heterocycles. The number of hydrogen-bond acceptors (Lipinski definition) is 7. The monoisotopic (exact) mass is 551 g/mol. The minimum atomic E-state index is -0.471. The van der Waals surface area contributed by atoms with Crippen molar-refractivity contribution in [2.75, 3.05) is 37.6 Å². The molecular weight excluding hydrogens is 518 g/mol. The van der Waals surface area contributed by atoms with Crippen molar-refractivity contribution in [1.82, 2.24) is 14.4 Å². The third-order valence-electron chi connectivity index (χ3n) is 7.74. The summed E-state index contributed by atoms with van der Waals surface area (Å²) in [5.41, 5.74) is 3.75. The highest BCUT2D eigenvalue weighted by Gasteiger charge is 2.37. The molecule has 2 aromatic rings. The van der Waals surface area contributed by atoms with Crippen LogP contribution in [0.2, 0.25) is 0 Å². The van der Waals surface area contributed by atoms with E-state index in [0.717, 1.165) is 85.2 Å². The maximum Gasteiger partial charge on any atom is 0.294 e. The minimum Gasteiger partial charge on any atom is -0.366 e. The van der Waals surface area contributed by atoms with E-state index in [1.165, 1.54) is 0 Å². The Labute approximate surface area is 231 Å². The van der Waals surface area contributed by atoms with E-state index in [9.17, 15) is 24.5 Å². The van der Waals surface area contributed by atoms with Gasteiger partial charge in [-0.2, -0.15) is 0 Å². The van der Waals surface area contributed by atoms with Crippen molar-refractivity contribution < 1.29 is 19.3 Å². The van der Waals surface area contributed by atoms with Crippen LogP contribution in [0, 0.1) is 24.0 Å². The van der Waals surface area contributed by atoms with Gasteiger partial charge in [0, 0.05) is 43.6 Å². The number of carbonyl (C=O) groups excluding carboxylic acids is 3. The van der Waals surface area contributed by atoms with Crippen molar-refractivity contribution in [1.29, 1.82) is 0 Å². The fourth-order valence-electron chi connectivity index (χ4n) is 5.69. The molecule has 0 radical (unpaired) electrons. The van der Waals surface area contributed by atoms with Gasteiger partial charge in [-0.25, -0.2) is 0 Å². The number of carbonyl (C=O) groups is 3. The number of benzene rings is 1. The number of amides is 3. The number of anilines is 1. The van der Waals surface area contributed by atoms with Crippen LogP contribution < -0.4 is 4.90 Å². The van der Waals surface area contributed by atoms with Gasteiger partial charge in [-0.15, -0.1) is 0 Å². The quantitative estimate of drug-likeness (QED) is 0.281. The first-order valence-corrected chi connectivity index (χ1v) is 14.3. The number of imide groups is 1. The Morgan fingerprint density at radius 3 is 2.33 bits per heavy atom. The number of rotatable bonds is 6. The van der Waals surface area contributed by atoms with E-state index in [-0.39, 0.29) is 28.0 Å². The smallest absolute Gasteiger partial charge is 0.294 e. The average molecular weight is 552 g/mol. The van der Waals surface area contributed by atoms with Crippen LogP contribution in [0.15, 0.2) is 29.2 Å². The summed E-state index contributed by atoms with van der Waals surface area (Å²) >= 11 is 0.833. The molecule has 11 heteroatoms. The molecule has 0 unspecified atom stereocenters. The SMILES string of the molecule is Cc1cc(/C=C2\SC(=O)N(CC(=O)N3CCCCC3)C2=O)c(C)n1-c1ccc(N2CCCCC2)c([N+](=O)[O-])c1. The molecule has 3 fully saturated rings. The van der Waals surface area contributed by atoms with Crippen LogP contribution in [0.5, 0.6) is 0 Å². The topological polar surface area (TPSA) is 109 Å². The molecule has 1 aromatic carbocycles. The van der Waals surface area contributed by atoms with E-state index >= 15 is 0 Å². The molecule has 5 rings (SSSR count). The van der Waals surface area contributed by atoms with E-state index in [4.69, 9.17) is 0 Å². The summed E-state index contributed by atoms with van der Waals surface area (Å²) in [6.45, 7) is 6.48. The van der Waals surface area contributed by atoms with Crippen molar-refractivity contribution >= 4 is 46.3 Å². The number of piperidine rings is 2. The Hall–Kier alpha value is -3.60. The van der Waals surface area contributed by atoms with Crippen LogP contribution in [0.25, 0.3) is 11.8 Å². The third kappa shape index (κ3) is 5.45. The zero-order valence-electron chi connectivity index (χ0n) is 22.4. The van der Waals surface area contributed by atoms with Crippen LogP contribution in [-0.2, 0) is 9.59 Å². The molecule has 0 aliphatic carbocycles. The lowest BCUT2D eigenvalue weighted by atomic mass is 10.1. The Bertz CT molecular complexity index is 1350.